The van der Waals surface area contributed by atoms with E-state index in [0.29, 0.717) is 0 Å². The summed E-state index contributed by atoms with van der Waals surface area (Å²) in [6, 6.07) is 51.0. The molecule has 0 amide bonds. The Morgan fingerprint density at radius 1 is 0.640 bits per heavy atom. The van der Waals surface area contributed by atoms with Crippen LogP contribution in [0, 0.1) is 6.92 Å². The van der Waals surface area contributed by atoms with Crippen LogP contribution in [0.15, 0.2) is 160 Å². The largest absolute Gasteiger partial charge is 0.456 e. The van der Waals surface area contributed by atoms with Crippen molar-refractivity contribution in [2.24, 2.45) is 0 Å². The van der Waals surface area contributed by atoms with Gasteiger partial charge in [-0.15, -0.1) is 0 Å². The molecule has 9 rings (SSSR count). The lowest BCUT2D eigenvalue weighted by Gasteiger charge is -2.25. The summed E-state index contributed by atoms with van der Waals surface area (Å²) in [7, 11) is 4.06. The maximum absolute atomic E-state index is 5.93. The third kappa shape index (κ3) is 6.22. The van der Waals surface area contributed by atoms with Crippen molar-refractivity contribution in [1.29, 1.82) is 0 Å². The summed E-state index contributed by atoms with van der Waals surface area (Å²) in [4.78, 5) is 4.80. The Morgan fingerprint density at radius 2 is 1.34 bits per heavy atom. The predicted molar refractivity (Wildman–Crippen MR) is 214 cm³/mol. The van der Waals surface area contributed by atoms with Crippen molar-refractivity contribution in [3.63, 3.8) is 0 Å². The van der Waals surface area contributed by atoms with Crippen molar-refractivity contribution in [2.75, 3.05) is 34.9 Å². The van der Waals surface area contributed by atoms with Crippen LogP contribution in [-0.4, -0.2) is 14.1 Å². The summed E-state index contributed by atoms with van der Waals surface area (Å²) in [5.41, 5.74) is 11.4. The lowest BCUT2D eigenvalue weighted by molar-refractivity contribution is 0.669. The highest BCUT2D eigenvalue weighted by molar-refractivity contribution is 7.99. The number of aryl methyl sites for hydroxylation is 1. The minimum atomic E-state index is 0.815. The van der Waals surface area contributed by atoms with Gasteiger partial charge in [0, 0.05) is 69.3 Å². The summed E-state index contributed by atoms with van der Waals surface area (Å²) >= 11 is 1.82. The zero-order chi connectivity index (χ0) is 34.0. The second kappa shape index (κ2) is 13.6. The van der Waals surface area contributed by atoms with Crippen LogP contribution in [0.5, 0.6) is 0 Å². The third-order valence-electron chi connectivity index (χ3n) is 9.36. The van der Waals surface area contributed by atoms with Gasteiger partial charge in [0.15, 0.2) is 0 Å². The molecule has 50 heavy (non-hydrogen) atoms. The highest BCUT2D eigenvalue weighted by Gasteiger charge is 2.17. The van der Waals surface area contributed by atoms with Crippen LogP contribution >= 0.6 is 11.8 Å². The first-order valence-corrected chi connectivity index (χ1v) is 17.7. The second-order valence-electron chi connectivity index (χ2n) is 12.5. The molecule has 2 heterocycles. The first-order chi connectivity index (χ1) is 24.5. The zero-order valence-electron chi connectivity index (χ0n) is 28.3. The van der Waals surface area contributed by atoms with Crippen LogP contribution in [-0.2, 0) is 6.54 Å². The topological polar surface area (TPSA) is 52.5 Å². The van der Waals surface area contributed by atoms with Gasteiger partial charge < -0.3 is 25.3 Å². The molecule has 1 aromatic heterocycles. The molecule has 246 valence electrons. The fourth-order valence-corrected chi connectivity index (χ4v) is 7.49. The molecular weight excluding hydrogens is 633 g/mol. The second-order valence-corrected chi connectivity index (χ2v) is 13.6. The molecule has 7 aromatic carbocycles. The van der Waals surface area contributed by atoms with Crippen LogP contribution in [0.3, 0.4) is 0 Å². The van der Waals surface area contributed by atoms with Gasteiger partial charge in [-0.3, -0.25) is 0 Å². The summed E-state index contributed by atoms with van der Waals surface area (Å²) in [6.45, 7) is 2.96. The Bertz CT molecular complexity index is 2480. The third-order valence-corrected chi connectivity index (χ3v) is 10.5. The van der Waals surface area contributed by atoms with Crippen molar-refractivity contribution < 1.29 is 4.42 Å². The van der Waals surface area contributed by atoms with E-state index in [1.807, 2.05) is 37.0 Å². The van der Waals surface area contributed by atoms with Gasteiger partial charge in [-0.05, 0) is 96.2 Å². The van der Waals surface area contributed by atoms with E-state index in [2.05, 4.69) is 162 Å². The van der Waals surface area contributed by atoms with Gasteiger partial charge in [0.1, 0.15) is 11.2 Å². The van der Waals surface area contributed by atoms with Crippen LogP contribution in [0.1, 0.15) is 11.1 Å². The van der Waals surface area contributed by atoms with Gasteiger partial charge in [-0.1, -0.05) is 84.6 Å². The Labute approximate surface area is 296 Å². The maximum atomic E-state index is 5.93. The summed E-state index contributed by atoms with van der Waals surface area (Å²) < 4.78 is 5.93. The van der Waals surface area contributed by atoms with Crippen LogP contribution < -0.4 is 20.9 Å². The van der Waals surface area contributed by atoms with E-state index in [4.69, 9.17) is 4.42 Å². The minimum Gasteiger partial charge on any atom is -0.456 e. The molecule has 1 aliphatic rings. The molecule has 0 radical (unpaired) electrons. The lowest BCUT2D eigenvalue weighted by atomic mass is 10.1. The molecular formula is C44H38N4OS. The normalized spacial score (nSPS) is 11.7. The molecule has 0 atom stereocenters. The van der Waals surface area contributed by atoms with Gasteiger partial charge in [-0.2, -0.15) is 0 Å². The average molecular weight is 671 g/mol. The number of benzene rings is 7. The van der Waals surface area contributed by atoms with E-state index < -0.39 is 0 Å². The van der Waals surface area contributed by atoms with Gasteiger partial charge in [0.2, 0.25) is 0 Å². The smallest absolute Gasteiger partial charge is 0.135 e. The SMILES string of the molecule is CN(c1ccc2c(c1)Nc1ccccc1S2)c1cccc2ccccc12.CNc1ccc2oc3ccc(NCc4ccccc4C)cc3c2c1. The summed E-state index contributed by atoms with van der Waals surface area (Å²) in [5.74, 6) is 0. The quantitative estimate of drug-likeness (QED) is 0.164. The number of furan rings is 1. The number of fused-ring (bicyclic) bond motifs is 6. The molecule has 0 spiro atoms. The number of rotatable bonds is 6. The van der Waals surface area contributed by atoms with Crippen molar-refractivity contribution in [2.45, 2.75) is 23.3 Å². The monoisotopic (exact) mass is 670 g/mol. The minimum absolute atomic E-state index is 0.815. The summed E-state index contributed by atoms with van der Waals surface area (Å²) in [5, 5.41) is 15.1. The number of nitrogens with zero attached hydrogens (tertiary/aromatic N) is 1. The number of anilines is 6. The van der Waals surface area contributed by atoms with Gasteiger partial charge >= 0.3 is 0 Å². The average Bonchev–Trinajstić information content (AvgIpc) is 3.53. The zero-order valence-corrected chi connectivity index (χ0v) is 29.1. The fraction of sp³-hybridized carbons (Fsp3) is 0.0909. The number of hydrogen-bond donors (Lipinski definition) is 3. The molecule has 8 aromatic rings. The fourth-order valence-electron chi connectivity index (χ4n) is 6.52. The predicted octanol–water partition coefficient (Wildman–Crippen LogP) is 12.4. The van der Waals surface area contributed by atoms with E-state index in [-0.39, 0.29) is 0 Å². The highest BCUT2D eigenvalue weighted by Crippen LogP contribution is 2.46. The van der Waals surface area contributed by atoms with Crippen LogP contribution in [0.4, 0.5) is 34.1 Å². The Kier molecular flexibility index (Phi) is 8.53. The Hall–Kier alpha value is -5.85. The Morgan fingerprint density at radius 3 is 2.18 bits per heavy atom. The molecule has 0 bridgehead atoms. The lowest BCUT2D eigenvalue weighted by Crippen LogP contribution is -2.11. The van der Waals surface area contributed by atoms with E-state index in [9.17, 15) is 0 Å². The van der Waals surface area contributed by atoms with Crippen LogP contribution in [0.25, 0.3) is 32.7 Å². The molecule has 1 aliphatic heterocycles. The number of nitrogens with one attached hydrogen (secondary N) is 3. The summed E-state index contributed by atoms with van der Waals surface area (Å²) in [6.07, 6.45) is 0. The van der Waals surface area contributed by atoms with Crippen molar-refractivity contribution in [3.8, 4) is 0 Å². The van der Waals surface area contributed by atoms with Crippen molar-refractivity contribution in [1.82, 2.24) is 0 Å². The molecule has 0 saturated carbocycles. The van der Waals surface area contributed by atoms with E-state index in [0.717, 1.165) is 39.9 Å². The maximum Gasteiger partial charge on any atom is 0.135 e. The Balaban J connectivity index is 0.000000145. The first kappa shape index (κ1) is 31.4. The molecule has 0 saturated heterocycles. The van der Waals surface area contributed by atoms with Crippen molar-refractivity contribution >= 4 is 78.6 Å². The molecule has 0 aliphatic carbocycles. The standard InChI is InChI=1S/C23H18N2S.C21H20N2O/c1-25(21-11-6-8-16-7-2-3-9-18(16)21)17-13-14-23-20(15-17)24-19-10-4-5-12-22(19)26-23;1-14-5-3-4-6-15(14)13-23-17-8-10-21-19(12-17)18-11-16(22-2)7-9-20(18)24-21/h2-15,24H,1H3;3-12,22-23H,13H2,1-2H3. The number of para-hydroxylation sites is 1. The van der Waals surface area contributed by atoms with Crippen LogP contribution in [0.2, 0.25) is 0 Å². The first-order valence-electron chi connectivity index (χ1n) is 16.9. The molecule has 0 fully saturated rings. The van der Waals surface area contributed by atoms with E-state index in [1.165, 1.54) is 54.4 Å². The number of hydrogen-bond acceptors (Lipinski definition) is 6. The van der Waals surface area contributed by atoms with E-state index in [1.54, 1.807) is 0 Å². The van der Waals surface area contributed by atoms with E-state index >= 15 is 0 Å². The van der Waals surface area contributed by atoms with Gasteiger partial charge in [-0.25, -0.2) is 0 Å². The highest BCUT2D eigenvalue weighted by atomic mass is 32.2. The molecule has 5 nitrogen and oxygen atoms in total. The molecule has 3 N–H and O–H groups in total. The van der Waals surface area contributed by atoms with Crippen molar-refractivity contribution in [3.05, 3.63) is 157 Å². The molecule has 6 heteroatoms. The molecule has 0 unspecified atom stereocenters. The van der Waals surface area contributed by atoms with Gasteiger partial charge in [0.25, 0.3) is 0 Å². The van der Waals surface area contributed by atoms with Gasteiger partial charge in [0.05, 0.1) is 11.4 Å².